The van der Waals surface area contributed by atoms with Gasteiger partial charge in [-0.05, 0) is 46.1 Å². The van der Waals surface area contributed by atoms with Gasteiger partial charge in [0.15, 0.2) is 5.52 Å². The van der Waals surface area contributed by atoms with Crippen molar-refractivity contribution in [3.8, 4) is 0 Å². The lowest BCUT2D eigenvalue weighted by Crippen LogP contribution is -2.48. The maximum atomic E-state index is 12.8. The van der Waals surface area contributed by atoms with E-state index in [1.54, 1.807) is 19.1 Å². The molecular formula is C19H24N4O3. The molecule has 0 saturated carbocycles. The number of carbonyl (C=O) groups is 1. The molecule has 2 unspecified atom stereocenters. The lowest BCUT2D eigenvalue weighted by atomic mass is 10.0. The summed E-state index contributed by atoms with van der Waals surface area (Å²) in [6, 6.07) is 6.54. The zero-order valence-electron chi connectivity index (χ0n) is 15.4. The SMILES string of the molecule is Cc1cc(NC(C)C(=O)N2CCCCC2C)c2cccc([N+](=O)[O-])c2n1. The molecule has 1 aliphatic rings. The molecule has 7 heteroatoms. The van der Waals surface area contributed by atoms with Crippen LogP contribution in [0.15, 0.2) is 24.3 Å². The number of piperidine rings is 1. The Labute approximate surface area is 152 Å². The molecule has 26 heavy (non-hydrogen) atoms. The number of pyridine rings is 1. The topological polar surface area (TPSA) is 88.4 Å². The number of fused-ring (bicyclic) bond motifs is 1. The van der Waals surface area contributed by atoms with Gasteiger partial charge >= 0.3 is 0 Å². The average molecular weight is 356 g/mol. The molecule has 7 nitrogen and oxygen atoms in total. The number of benzene rings is 1. The third-order valence-corrected chi connectivity index (χ3v) is 4.97. The van der Waals surface area contributed by atoms with Crippen molar-refractivity contribution in [1.82, 2.24) is 9.88 Å². The minimum atomic E-state index is -0.428. The molecule has 3 rings (SSSR count). The van der Waals surface area contributed by atoms with Crippen LogP contribution in [0.3, 0.4) is 0 Å². The van der Waals surface area contributed by atoms with Gasteiger partial charge in [-0.15, -0.1) is 0 Å². The molecule has 1 saturated heterocycles. The van der Waals surface area contributed by atoms with E-state index in [4.69, 9.17) is 0 Å². The van der Waals surface area contributed by atoms with E-state index in [1.807, 2.05) is 17.9 Å². The van der Waals surface area contributed by atoms with Gasteiger partial charge in [-0.3, -0.25) is 14.9 Å². The van der Waals surface area contributed by atoms with Crippen molar-refractivity contribution in [1.29, 1.82) is 0 Å². The van der Waals surface area contributed by atoms with Crippen LogP contribution < -0.4 is 5.32 Å². The maximum absolute atomic E-state index is 12.8. The Bertz CT molecular complexity index is 852. The number of anilines is 1. The average Bonchev–Trinajstić information content (AvgIpc) is 2.60. The molecule has 1 aromatic carbocycles. The van der Waals surface area contributed by atoms with Gasteiger partial charge in [-0.1, -0.05) is 12.1 Å². The van der Waals surface area contributed by atoms with Crippen molar-refractivity contribution < 1.29 is 9.72 Å². The van der Waals surface area contributed by atoms with Gasteiger partial charge in [0, 0.05) is 35.4 Å². The highest BCUT2D eigenvalue weighted by atomic mass is 16.6. The van der Waals surface area contributed by atoms with E-state index in [0.717, 1.165) is 25.8 Å². The van der Waals surface area contributed by atoms with Gasteiger partial charge in [0.05, 0.1) is 4.92 Å². The number of nitro groups is 1. The number of likely N-dealkylation sites (tertiary alicyclic amines) is 1. The van der Waals surface area contributed by atoms with Crippen molar-refractivity contribution in [3.05, 3.63) is 40.1 Å². The predicted octanol–water partition coefficient (Wildman–Crippen LogP) is 3.65. The molecule has 0 aliphatic carbocycles. The number of rotatable bonds is 4. The van der Waals surface area contributed by atoms with E-state index in [9.17, 15) is 14.9 Å². The Balaban J connectivity index is 1.92. The summed E-state index contributed by atoms with van der Waals surface area (Å²) in [5.41, 5.74) is 1.67. The van der Waals surface area contributed by atoms with Crippen molar-refractivity contribution in [2.24, 2.45) is 0 Å². The zero-order valence-corrected chi connectivity index (χ0v) is 15.4. The highest BCUT2D eigenvalue weighted by Gasteiger charge is 2.27. The largest absolute Gasteiger partial charge is 0.373 e. The predicted molar refractivity (Wildman–Crippen MR) is 101 cm³/mol. The monoisotopic (exact) mass is 356 g/mol. The van der Waals surface area contributed by atoms with Crippen LogP contribution in [0, 0.1) is 17.0 Å². The number of amides is 1. The summed E-state index contributed by atoms with van der Waals surface area (Å²) >= 11 is 0. The van der Waals surface area contributed by atoms with Crippen molar-refractivity contribution in [2.75, 3.05) is 11.9 Å². The molecular weight excluding hydrogens is 332 g/mol. The van der Waals surface area contributed by atoms with Gasteiger partial charge in [0.25, 0.3) is 5.69 Å². The van der Waals surface area contributed by atoms with Crippen LogP contribution in [0.5, 0.6) is 0 Å². The number of para-hydroxylation sites is 1. The van der Waals surface area contributed by atoms with E-state index in [0.29, 0.717) is 22.3 Å². The summed E-state index contributed by atoms with van der Waals surface area (Å²) in [5, 5.41) is 15.2. The second-order valence-corrected chi connectivity index (χ2v) is 6.98. The zero-order chi connectivity index (χ0) is 18.8. The molecule has 1 amide bonds. The Morgan fingerprint density at radius 1 is 1.42 bits per heavy atom. The highest BCUT2D eigenvalue weighted by molar-refractivity contribution is 5.98. The lowest BCUT2D eigenvalue weighted by Gasteiger charge is -2.35. The molecule has 0 spiro atoms. The van der Waals surface area contributed by atoms with Crippen molar-refractivity contribution in [3.63, 3.8) is 0 Å². The lowest BCUT2D eigenvalue weighted by molar-refractivity contribution is -0.383. The van der Waals surface area contributed by atoms with Gasteiger partial charge in [0.2, 0.25) is 5.91 Å². The third kappa shape index (κ3) is 3.47. The molecule has 2 atom stereocenters. The first-order valence-corrected chi connectivity index (χ1v) is 9.00. The van der Waals surface area contributed by atoms with E-state index in [1.165, 1.54) is 6.07 Å². The van der Waals surface area contributed by atoms with Crippen LogP contribution in [0.1, 0.15) is 38.8 Å². The minimum Gasteiger partial charge on any atom is -0.373 e. The molecule has 0 radical (unpaired) electrons. The van der Waals surface area contributed by atoms with Crippen LogP contribution in [0.4, 0.5) is 11.4 Å². The molecule has 2 heterocycles. The van der Waals surface area contributed by atoms with Crippen molar-refractivity contribution in [2.45, 2.75) is 52.1 Å². The summed E-state index contributed by atoms with van der Waals surface area (Å²) in [7, 11) is 0. The second-order valence-electron chi connectivity index (χ2n) is 6.98. The summed E-state index contributed by atoms with van der Waals surface area (Å²) in [6.07, 6.45) is 3.22. The van der Waals surface area contributed by atoms with Gasteiger partial charge < -0.3 is 10.2 Å². The maximum Gasteiger partial charge on any atom is 0.295 e. The number of carbonyl (C=O) groups excluding carboxylic acids is 1. The molecule has 1 aliphatic heterocycles. The first kappa shape index (κ1) is 18.1. The van der Waals surface area contributed by atoms with Gasteiger partial charge in [-0.25, -0.2) is 4.98 Å². The standard InChI is InChI=1S/C19H24N4O3/c1-12-11-16(15-8-6-9-17(23(25)26)18(15)20-12)21-14(3)19(24)22-10-5-4-7-13(22)2/h6,8-9,11,13-14H,4-5,7,10H2,1-3H3,(H,20,21). The van der Waals surface area contributed by atoms with E-state index >= 15 is 0 Å². The smallest absolute Gasteiger partial charge is 0.295 e. The van der Waals surface area contributed by atoms with Crippen LogP contribution in [-0.2, 0) is 4.79 Å². The first-order valence-electron chi connectivity index (χ1n) is 9.00. The number of hydrogen-bond donors (Lipinski definition) is 1. The number of nitrogens with one attached hydrogen (secondary N) is 1. The summed E-state index contributed by atoms with van der Waals surface area (Å²) in [6.45, 7) is 6.50. The summed E-state index contributed by atoms with van der Waals surface area (Å²) < 4.78 is 0. The number of non-ortho nitro benzene ring substituents is 1. The summed E-state index contributed by atoms with van der Waals surface area (Å²) in [5.74, 6) is 0.0604. The van der Waals surface area contributed by atoms with E-state index in [2.05, 4.69) is 17.2 Å². The molecule has 1 aromatic heterocycles. The fourth-order valence-electron chi connectivity index (χ4n) is 3.60. The fraction of sp³-hybridized carbons (Fsp3) is 0.474. The number of nitro benzene ring substituents is 1. The first-order chi connectivity index (χ1) is 12.4. The van der Waals surface area contributed by atoms with Gasteiger partial charge in [-0.2, -0.15) is 0 Å². The Hall–Kier alpha value is -2.70. The molecule has 1 fully saturated rings. The number of hydrogen-bond acceptors (Lipinski definition) is 5. The van der Waals surface area contributed by atoms with Crippen LogP contribution in [0.25, 0.3) is 10.9 Å². The van der Waals surface area contributed by atoms with Crippen molar-refractivity contribution >= 4 is 28.2 Å². The molecule has 0 bridgehead atoms. The van der Waals surface area contributed by atoms with E-state index < -0.39 is 11.0 Å². The highest BCUT2D eigenvalue weighted by Crippen LogP contribution is 2.30. The third-order valence-electron chi connectivity index (χ3n) is 4.97. The van der Waals surface area contributed by atoms with Crippen LogP contribution in [-0.4, -0.2) is 39.3 Å². The Morgan fingerprint density at radius 2 is 2.19 bits per heavy atom. The van der Waals surface area contributed by atoms with Crippen LogP contribution in [0.2, 0.25) is 0 Å². The van der Waals surface area contributed by atoms with Crippen LogP contribution >= 0.6 is 0 Å². The quantitative estimate of drug-likeness (QED) is 0.667. The molecule has 1 N–H and O–H groups in total. The normalized spacial score (nSPS) is 18.6. The Kier molecular flexibility index (Phi) is 5.06. The number of aryl methyl sites for hydroxylation is 1. The Morgan fingerprint density at radius 3 is 2.88 bits per heavy atom. The van der Waals surface area contributed by atoms with E-state index in [-0.39, 0.29) is 17.6 Å². The number of nitrogens with zero attached hydrogens (tertiary/aromatic N) is 3. The number of aromatic nitrogens is 1. The minimum absolute atomic E-state index is 0.0297. The summed E-state index contributed by atoms with van der Waals surface area (Å²) in [4.78, 5) is 30.0. The fourth-order valence-corrected chi connectivity index (χ4v) is 3.60. The van der Waals surface area contributed by atoms with Gasteiger partial charge in [0.1, 0.15) is 6.04 Å². The molecule has 138 valence electrons. The second kappa shape index (κ2) is 7.27. The molecule has 2 aromatic rings.